The van der Waals surface area contributed by atoms with E-state index in [1.165, 1.54) is 19.3 Å². The summed E-state index contributed by atoms with van der Waals surface area (Å²) >= 11 is 0. The molecule has 4 heteroatoms. The summed E-state index contributed by atoms with van der Waals surface area (Å²) in [6.07, 6.45) is 3.78. The second-order valence-electron chi connectivity index (χ2n) is 5.89. The van der Waals surface area contributed by atoms with E-state index in [4.69, 9.17) is 0 Å². The Morgan fingerprint density at radius 2 is 2.21 bits per heavy atom. The predicted molar refractivity (Wildman–Crippen MR) is 73.4 cm³/mol. The number of aromatic nitrogens is 2. The number of benzene rings is 1. The zero-order chi connectivity index (χ0) is 13.6. The number of aromatic carboxylic acids is 1. The van der Waals surface area contributed by atoms with Crippen LogP contribution >= 0.6 is 0 Å². The molecule has 2 aromatic rings. The zero-order valence-electron chi connectivity index (χ0n) is 11.3. The molecule has 1 N–H and O–H groups in total. The van der Waals surface area contributed by atoms with Crippen LogP contribution in [-0.4, -0.2) is 20.6 Å². The quantitative estimate of drug-likeness (QED) is 0.919. The van der Waals surface area contributed by atoms with Gasteiger partial charge in [0, 0.05) is 6.54 Å². The molecule has 0 spiro atoms. The number of rotatable bonds is 3. The Bertz CT molecular complexity index is 653. The minimum atomic E-state index is -0.912. The number of carboxylic acid groups (broad SMARTS) is 1. The van der Waals surface area contributed by atoms with Gasteiger partial charge in [0.2, 0.25) is 0 Å². The molecule has 0 aliphatic heterocycles. The molecule has 1 aromatic carbocycles. The number of imidazole rings is 1. The van der Waals surface area contributed by atoms with Gasteiger partial charge in [-0.2, -0.15) is 0 Å². The van der Waals surface area contributed by atoms with Crippen LogP contribution in [0.4, 0.5) is 0 Å². The third-order valence-electron chi connectivity index (χ3n) is 4.30. The van der Waals surface area contributed by atoms with Crippen molar-refractivity contribution in [2.75, 3.05) is 0 Å². The summed E-state index contributed by atoms with van der Waals surface area (Å²) in [4.78, 5) is 15.7. The molecule has 1 aliphatic carbocycles. The molecule has 1 fully saturated rings. The standard InChI is InChI=1S/C15H18N2O2/c1-10-16-13-11(14(18)19)5-3-6-12(13)17(10)9-15(2)7-4-8-15/h3,5-6H,4,7-9H2,1-2H3,(H,18,19). The Kier molecular flexibility index (Phi) is 2.62. The van der Waals surface area contributed by atoms with E-state index in [0.717, 1.165) is 17.9 Å². The van der Waals surface area contributed by atoms with Gasteiger partial charge in [-0.25, -0.2) is 9.78 Å². The van der Waals surface area contributed by atoms with Crippen molar-refractivity contribution in [2.24, 2.45) is 5.41 Å². The molecule has 100 valence electrons. The van der Waals surface area contributed by atoms with Gasteiger partial charge in [-0.3, -0.25) is 0 Å². The third-order valence-corrected chi connectivity index (χ3v) is 4.30. The van der Waals surface area contributed by atoms with Gasteiger partial charge in [-0.05, 0) is 37.3 Å². The van der Waals surface area contributed by atoms with Crippen LogP contribution in [0.5, 0.6) is 0 Å². The van der Waals surface area contributed by atoms with Gasteiger partial charge >= 0.3 is 5.97 Å². The number of aryl methyl sites for hydroxylation is 1. The van der Waals surface area contributed by atoms with Crippen LogP contribution in [0, 0.1) is 12.3 Å². The molecule has 1 aromatic heterocycles. The molecule has 1 aliphatic rings. The molecule has 0 unspecified atom stereocenters. The first-order chi connectivity index (χ1) is 9.00. The lowest BCUT2D eigenvalue weighted by Gasteiger charge is -2.39. The molecule has 3 rings (SSSR count). The van der Waals surface area contributed by atoms with Crippen LogP contribution in [0.15, 0.2) is 18.2 Å². The fourth-order valence-corrected chi connectivity index (χ4v) is 2.96. The smallest absolute Gasteiger partial charge is 0.337 e. The molecular formula is C15H18N2O2. The molecule has 0 bridgehead atoms. The SMILES string of the molecule is Cc1nc2c(C(=O)O)cccc2n1CC1(C)CCC1. The highest BCUT2D eigenvalue weighted by atomic mass is 16.4. The molecule has 1 heterocycles. The summed E-state index contributed by atoms with van der Waals surface area (Å²) in [5.41, 5.74) is 2.18. The van der Waals surface area contributed by atoms with Gasteiger partial charge < -0.3 is 9.67 Å². The van der Waals surface area contributed by atoms with E-state index in [1.54, 1.807) is 12.1 Å². The maximum Gasteiger partial charge on any atom is 0.337 e. The molecule has 4 nitrogen and oxygen atoms in total. The Labute approximate surface area is 112 Å². The molecule has 19 heavy (non-hydrogen) atoms. The van der Waals surface area contributed by atoms with Crippen LogP contribution in [0.25, 0.3) is 11.0 Å². The largest absolute Gasteiger partial charge is 0.478 e. The van der Waals surface area contributed by atoms with Crippen molar-refractivity contribution >= 4 is 17.0 Å². The fourth-order valence-electron chi connectivity index (χ4n) is 2.96. The normalized spacial score (nSPS) is 17.4. The molecule has 0 radical (unpaired) electrons. The lowest BCUT2D eigenvalue weighted by molar-refractivity contribution is 0.0699. The first-order valence-corrected chi connectivity index (χ1v) is 6.69. The van der Waals surface area contributed by atoms with Gasteiger partial charge in [0.15, 0.2) is 0 Å². The third kappa shape index (κ3) is 1.91. The van der Waals surface area contributed by atoms with Crippen molar-refractivity contribution in [3.05, 3.63) is 29.6 Å². The monoisotopic (exact) mass is 258 g/mol. The lowest BCUT2D eigenvalue weighted by atomic mass is 9.70. The fraction of sp³-hybridized carbons (Fsp3) is 0.467. The van der Waals surface area contributed by atoms with E-state index in [9.17, 15) is 9.90 Å². The van der Waals surface area contributed by atoms with E-state index < -0.39 is 5.97 Å². The second kappa shape index (κ2) is 4.08. The van der Waals surface area contributed by atoms with Crippen molar-refractivity contribution in [1.82, 2.24) is 9.55 Å². The van der Waals surface area contributed by atoms with Gasteiger partial charge in [-0.15, -0.1) is 0 Å². The van der Waals surface area contributed by atoms with Crippen LogP contribution in [-0.2, 0) is 6.54 Å². The van der Waals surface area contributed by atoms with E-state index in [-0.39, 0.29) is 5.56 Å². The maximum atomic E-state index is 11.2. The van der Waals surface area contributed by atoms with Crippen LogP contribution in [0.1, 0.15) is 42.4 Å². The predicted octanol–water partition coefficient (Wildman–Crippen LogP) is 3.23. The molecule has 1 saturated carbocycles. The molecular weight excluding hydrogens is 240 g/mol. The van der Waals surface area contributed by atoms with Crippen molar-refractivity contribution in [1.29, 1.82) is 0 Å². The van der Waals surface area contributed by atoms with Gasteiger partial charge in [0.05, 0.1) is 11.1 Å². The van der Waals surface area contributed by atoms with Crippen molar-refractivity contribution in [3.63, 3.8) is 0 Å². The van der Waals surface area contributed by atoms with Crippen molar-refractivity contribution in [3.8, 4) is 0 Å². The Morgan fingerprint density at radius 3 is 2.79 bits per heavy atom. The van der Waals surface area contributed by atoms with Crippen LogP contribution < -0.4 is 0 Å². The lowest BCUT2D eigenvalue weighted by Crippen LogP contribution is -2.31. The number of hydrogen-bond donors (Lipinski definition) is 1. The van der Waals surface area contributed by atoms with Crippen molar-refractivity contribution < 1.29 is 9.90 Å². The second-order valence-corrected chi connectivity index (χ2v) is 5.89. The first kappa shape index (κ1) is 12.2. The summed E-state index contributed by atoms with van der Waals surface area (Å²) < 4.78 is 2.17. The zero-order valence-corrected chi connectivity index (χ0v) is 11.3. The number of para-hydroxylation sites is 1. The molecule has 0 saturated heterocycles. The Morgan fingerprint density at radius 1 is 1.47 bits per heavy atom. The van der Waals surface area contributed by atoms with E-state index in [2.05, 4.69) is 16.5 Å². The highest BCUT2D eigenvalue weighted by Gasteiger charge is 2.33. The number of fused-ring (bicyclic) bond motifs is 1. The highest BCUT2D eigenvalue weighted by Crippen LogP contribution is 2.42. The molecule has 0 atom stereocenters. The van der Waals surface area contributed by atoms with Crippen LogP contribution in [0.2, 0.25) is 0 Å². The van der Waals surface area contributed by atoms with E-state index in [1.807, 2.05) is 13.0 Å². The average Bonchev–Trinajstić information content (AvgIpc) is 2.63. The number of nitrogens with zero attached hydrogens (tertiary/aromatic N) is 2. The first-order valence-electron chi connectivity index (χ1n) is 6.69. The number of carbonyl (C=O) groups is 1. The minimum absolute atomic E-state index is 0.290. The van der Waals surface area contributed by atoms with Gasteiger partial charge in [0.1, 0.15) is 11.3 Å². The van der Waals surface area contributed by atoms with E-state index >= 15 is 0 Å². The Balaban J connectivity index is 2.12. The number of carboxylic acids is 1. The summed E-state index contributed by atoms with van der Waals surface area (Å²) in [5, 5.41) is 9.22. The summed E-state index contributed by atoms with van der Waals surface area (Å²) in [5.74, 6) is -0.0121. The van der Waals surface area contributed by atoms with E-state index in [0.29, 0.717) is 10.9 Å². The van der Waals surface area contributed by atoms with Crippen LogP contribution in [0.3, 0.4) is 0 Å². The molecule has 0 amide bonds. The number of hydrogen-bond acceptors (Lipinski definition) is 2. The highest BCUT2D eigenvalue weighted by molar-refractivity contribution is 6.01. The van der Waals surface area contributed by atoms with Crippen molar-refractivity contribution in [2.45, 2.75) is 39.7 Å². The Hall–Kier alpha value is -1.84. The summed E-state index contributed by atoms with van der Waals surface area (Å²) in [7, 11) is 0. The summed E-state index contributed by atoms with van der Waals surface area (Å²) in [6.45, 7) is 5.18. The topological polar surface area (TPSA) is 55.1 Å². The average molecular weight is 258 g/mol. The summed E-state index contributed by atoms with van der Waals surface area (Å²) in [6, 6.07) is 5.38. The maximum absolute atomic E-state index is 11.2. The van der Waals surface area contributed by atoms with Gasteiger partial charge in [-0.1, -0.05) is 19.4 Å². The minimum Gasteiger partial charge on any atom is -0.478 e. The van der Waals surface area contributed by atoms with Gasteiger partial charge in [0.25, 0.3) is 0 Å².